The molecule has 1 aliphatic heterocycles. The highest BCUT2D eigenvalue weighted by Gasteiger charge is 2.30. The van der Waals surface area contributed by atoms with E-state index in [1.165, 1.54) is 14.2 Å². The van der Waals surface area contributed by atoms with Crippen LogP contribution in [0, 0.1) is 0 Å². The van der Waals surface area contributed by atoms with E-state index in [0.29, 0.717) is 26.1 Å². The Morgan fingerprint density at radius 2 is 1.76 bits per heavy atom. The van der Waals surface area contributed by atoms with Crippen molar-refractivity contribution in [2.24, 2.45) is 0 Å². The summed E-state index contributed by atoms with van der Waals surface area (Å²) < 4.78 is 41.9. The molecule has 1 atom stereocenters. The molecule has 7 heteroatoms. The monoisotopic (exact) mass is 267 g/mol. The van der Waals surface area contributed by atoms with Gasteiger partial charge in [-0.15, -0.1) is 0 Å². The van der Waals surface area contributed by atoms with Crippen LogP contribution in [0.2, 0.25) is 0 Å². The zero-order chi connectivity index (χ0) is 12.9. The molecule has 1 unspecified atom stereocenters. The van der Waals surface area contributed by atoms with Crippen LogP contribution in [0.4, 0.5) is 0 Å². The van der Waals surface area contributed by atoms with Crippen molar-refractivity contribution in [3.8, 4) is 0 Å². The number of ether oxygens (including phenoxy) is 3. The van der Waals surface area contributed by atoms with Gasteiger partial charge in [0.25, 0.3) is 0 Å². The van der Waals surface area contributed by atoms with Gasteiger partial charge in [0.15, 0.2) is 6.29 Å². The molecular formula is C10H21NO5S. The van der Waals surface area contributed by atoms with Crippen molar-refractivity contribution in [2.45, 2.75) is 37.3 Å². The third-order valence-electron chi connectivity index (χ3n) is 2.83. The van der Waals surface area contributed by atoms with Gasteiger partial charge in [-0.1, -0.05) is 0 Å². The highest BCUT2D eigenvalue weighted by Crippen LogP contribution is 2.15. The summed E-state index contributed by atoms with van der Waals surface area (Å²) in [6, 6.07) is -0.419. The van der Waals surface area contributed by atoms with Gasteiger partial charge in [0.1, 0.15) is 0 Å². The van der Waals surface area contributed by atoms with Crippen LogP contribution in [0.5, 0.6) is 0 Å². The second-order valence-corrected chi connectivity index (χ2v) is 6.10. The van der Waals surface area contributed by atoms with Gasteiger partial charge in [-0.2, -0.15) is 0 Å². The summed E-state index contributed by atoms with van der Waals surface area (Å²) in [5.41, 5.74) is 0. The molecule has 0 aliphatic carbocycles. The van der Waals surface area contributed by atoms with Crippen LogP contribution in [0.3, 0.4) is 0 Å². The number of hydrogen-bond donors (Lipinski definition) is 1. The Bertz CT molecular complexity index is 309. The van der Waals surface area contributed by atoms with Crippen LogP contribution in [0.15, 0.2) is 0 Å². The molecule has 0 saturated carbocycles. The first-order valence-corrected chi connectivity index (χ1v) is 7.20. The topological polar surface area (TPSA) is 73.9 Å². The maximum Gasteiger partial charge on any atom is 0.215 e. The molecule has 6 nitrogen and oxygen atoms in total. The summed E-state index contributed by atoms with van der Waals surface area (Å²) in [5, 5.41) is -0.381. The lowest BCUT2D eigenvalue weighted by Gasteiger charge is -2.27. The van der Waals surface area contributed by atoms with Gasteiger partial charge in [0.05, 0.1) is 11.3 Å². The predicted octanol–water partition coefficient (Wildman–Crippen LogP) is 0.0922. The lowest BCUT2D eigenvalue weighted by atomic mass is 10.2. The molecule has 0 amide bonds. The molecule has 1 aliphatic rings. The first-order chi connectivity index (χ1) is 8.01. The van der Waals surface area contributed by atoms with E-state index in [0.717, 1.165) is 0 Å². The third-order valence-corrected chi connectivity index (χ3v) is 4.88. The van der Waals surface area contributed by atoms with E-state index in [-0.39, 0.29) is 5.25 Å². The van der Waals surface area contributed by atoms with Gasteiger partial charge < -0.3 is 14.2 Å². The van der Waals surface area contributed by atoms with Crippen molar-refractivity contribution >= 4 is 10.0 Å². The Morgan fingerprint density at radius 1 is 1.24 bits per heavy atom. The normalized spacial score (nSPS) is 20.7. The van der Waals surface area contributed by atoms with Crippen molar-refractivity contribution in [1.82, 2.24) is 4.72 Å². The van der Waals surface area contributed by atoms with E-state index in [2.05, 4.69) is 4.72 Å². The molecule has 1 heterocycles. The van der Waals surface area contributed by atoms with E-state index < -0.39 is 22.4 Å². The zero-order valence-electron chi connectivity index (χ0n) is 10.5. The minimum absolute atomic E-state index is 0.381. The lowest BCUT2D eigenvalue weighted by Crippen LogP contribution is -2.47. The second kappa shape index (κ2) is 6.65. The molecule has 1 N–H and O–H groups in total. The summed E-state index contributed by atoms with van der Waals surface area (Å²) in [7, 11) is -0.379. The summed E-state index contributed by atoms with van der Waals surface area (Å²) in [4.78, 5) is 0. The Morgan fingerprint density at radius 3 is 2.24 bits per heavy atom. The van der Waals surface area contributed by atoms with Crippen molar-refractivity contribution in [3.63, 3.8) is 0 Å². The van der Waals surface area contributed by atoms with Crippen LogP contribution in [-0.4, -0.2) is 53.4 Å². The summed E-state index contributed by atoms with van der Waals surface area (Å²) in [6.45, 7) is 2.71. The van der Waals surface area contributed by atoms with Crippen LogP contribution in [0.1, 0.15) is 19.8 Å². The van der Waals surface area contributed by atoms with Crippen LogP contribution < -0.4 is 4.72 Å². The van der Waals surface area contributed by atoms with E-state index in [1.54, 1.807) is 6.92 Å². The molecule has 102 valence electrons. The molecule has 1 fully saturated rings. The number of methoxy groups -OCH3 is 2. The fourth-order valence-corrected chi connectivity index (χ4v) is 3.54. The summed E-state index contributed by atoms with van der Waals surface area (Å²) in [6.07, 6.45) is 0.490. The summed E-state index contributed by atoms with van der Waals surface area (Å²) >= 11 is 0. The molecule has 1 rings (SSSR count). The Balaban J connectivity index is 2.58. The van der Waals surface area contributed by atoms with E-state index >= 15 is 0 Å². The minimum Gasteiger partial charge on any atom is -0.381 e. The van der Waals surface area contributed by atoms with E-state index in [9.17, 15) is 8.42 Å². The van der Waals surface area contributed by atoms with Crippen molar-refractivity contribution < 1.29 is 22.6 Å². The Kier molecular flexibility index (Phi) is 5.81. The van der Waals surface area contributed by atoms with Gasteiger partial charge in [-0.05, 0) is 19.8 Å². The second-order valence-electron chi connectivity index (χ2n) is 4.10. The van der Waals surface area contributed by atoms with Crippen molar-refractivity contribution in [2.75, 3.05) is 27.4 Å². The smallest absolute Gasteiger partial charge is 0.215 e. The predicted molar refractivity (Wildman–Crippen MR) is 63.2 cm³/mol. The van der Waals surface area contributed by atoms with Crippen LogP contribution in [0.25, 0.3) is 0 Å². The minimum atomic E-state index is -3.34. The molecule has 17 heavy (non-hydrogen) atoms. The highest BCUT2D eigenvalue weighted by atomic mass is 32.2. The third kappa shape index (κ3) is 4.18. The molecule has 0 radical (unpaired) electrons. The van der Waals surface area contributed by atoms with Gasteiger partial charge in [-0.25, -0.2) is 13.1 Å². The Hall–Kier alpha value is -0.210. The first kappa shape index (κ1) is 14.8. The quantitative estimate of drug-likeness (QED) is 0.691. The molecule has 0 bridgehead atoms. The average molecular weight is 267 g/mol. The lowest BCUT2D eigenvalue weighted by molar-refractivity contribution is -0.115. The summed E-state index contributed by atoms with van der Waals surface area (Å²) in [5.74, 6) is 0. The van der Waals surface area contributed by atoms with Gasteiger partial charge in [0.2, 0.25) is 10.0 Å². The fourth-order valence-electron chi connectivity index (χ4n) is 1.90. The Labute approximate surface area is 103 Å². The molecule has 0 aromatic heterocycles. The first-order valence-electron chi connectivity index (χ1n) is 5.65. The van der Waals surface area contributed by atoms with Gasteiger partial charge in [0, 0.05) is 27.4 Å². The van der Waals surface area contributed by atoms with E-state index in [4.69, 9.17) is 14.2 Å². The van der Waals surface area contributed by atoms with E-state index in [1.807, 2.05) is 0 Å². The highest BCUT2D eigenvalue weighted by molar-refractivity contribution is 7.90. The number of rotatable bonds is 6. The number of sulfonamides is 1. The van der Waals surface area contributed by atoms with Crippen LogP contribution >= 0.6 is 0 Å². The van der Waals surface area contributed by atoms with Crippen molar-refractivity contribution in [3.05, 3.63) is 0 Å². The number of nitrogens with one attached hydrogen (secondary N) is 1. The standard InChI is InChI=1S/C10H21NO5S/c1-8(10(14-2)15-3)11-17(12,13)9-4-6-16-7-5-9/h8-11H,4-7H2,1-3H3. The molecular weight excluding hydrogens is 246 g/mol. The molecule has 0 aromatic carbocycles. The molecule has 0 spiro atoms. The fraction of sp³-hybridized carbons (Fsp3) is 1.00. The largest absolute Gasteiger partial charge is 0.381 e. The molecule has 1 saturated heterocycles. The van der Waals surface area contributed by atoms with Gasteiger partial charge in [-0.3, -0.25) is 0 Å². The average Bonchev–Trinajstić information content (AvgIpc) is 2.31. The van der Waals surface area contributed by atoms with Crippen molar-refractivity contribution in [1.29, 1.82) is 0 Å². The maximum atomic E-state index is 12.1. The maximum absolute atomic E-state index is 12.1. The SMILES string of the molecule is COC(OC)C(C)NS(=O)(=O)C1CCOCC1. The van der Waals surface area contributed by atoms with Gasteiger partial charge >= 0.3 is 0 Å². The zero-order valence-corrected chi connectivity index (χ0v) is 11.3. The van der Waals surface area contributed by atoms with Crippen LogP contribution in [-0.2, 0) is 24.2 Å². The number of hydrogen-bond acceptors (Lipinski definition) is 5. The molecule has 0 aromatic rings.